The van der Waals surface area contributed by atoms with Gasteiger partial charge in [-0.25, -0.2) is 0 Å². The Hall–Kier alpha value is -0.540. The highest BCUT2D eigenvalue weighted by atomic mass is 127. The Labute approximate surface area is 152 Å². The van der Waals surface area contributed by atoms with E-state index in [0.29, 0.717) is 26.4 Å². The molecule has 1 aliphatic heterocycles. The van der Waals surface area contributed by atoms with Crippen LogP contribution in [0, 0.1) is 3.57 Å². The predicted molar refractivity (Wildman–Crippen MR) is 97.7 cm³/mol. The molecule has 1 fully saturated rings. The molecule has 0 unspecified atom stereocenters. The van der Waals surface area contributed by atoms with Crippen LogP contribution in [0.2, 0.25) is 0 Å². The number of nitrogens with zero attached hydrogens (tertiary/aromatic N) is 1. The van der Waals surface area contributed by atoms with Crippen LogP contribution in [0.15, 0.2) is 10.5 Å². The largest absolute Gasteiger partial charge is 0.506 e. The summed E-state index contributed by atoms with van der Waals surface area (Å²) in [7, 11) is 1.49. The first-order valence-electron chi connectivity index (χ1n) is 7.26. The summed E-state index contributed by atoms with van der Waals surface area (Å²) in [6.45, 7) is 4.79. The molecule has 2 N–H and O–H groups in total. The maximum absolute atomic E-state index is 12.5. The third-order valence-corrected chi connectivity index (χ3v) is 5.41. The molecule has 1 aliphatic rings. The Kier molecular flexibility index (Phi) is 6.34. The van der Waals surface area contributed by atoms with Gasteiger partial charge in [0.1, 0.15) is 17.1 Å². The summed E-state index contributed by atoms with van der Waals surface area (Å²) in [6.07, 6.45) is 2.25. The number of carbonyl (C=O) groups is 1. The van der Waals surface area contributed by atoms with Crippen LogP contribution in [0.5, 0.6) is 11.5 Å². The molecular weight excluding hydrogens is 463 g/mol. The summed E-state index contributed by atoms with van der Waals surface area (Å²) in [6, 6.07) is 2.09. The molecule has 7 heteroatoms. The van der Waals surface area contributed by atoms with Crippen molar-refractivity contribution in [3.8, 4) is 11.5 Å². The molecule has 0 radical (unpaired) electrons. The SMILES string of the molecule is CCN1CCC[C@H]1CNC(=O)c1c(O)c(I)cc(Br)c1OC. The number of nitrogens with one attached hydrogen (secondary N) is 1. The Bertz CT molecular complexity index is 568. The number of ether oxygens (including phenoxy) is 1. The second-order valence-corrected chi connectivity index (χ2v) is 7.25. The fraction of sp³-hybridized carbons (Fsp3) is 0.533. The van der Waals surface area contributed by atoms with Crippen LogP contribution < -0.4 is 10.1 Å². The minimum atomic E-state index is -0.309. The van der Waals surface area contributed by atoms with Crippen LogP contribution in [-0.4, -0.2) is 48.7 Å². The third kappa shape index (κ3) is 3.68. The van der Waals surface area contributed by atoms with E-state index in [-0.39, 0.29) is 17.2 Å². The molecule has 0 aromatic heterocycles. The van der Waals surface area contributed by atoms with Crippen LogP contribution in [0.3, 0.4) is 0 Å². The summed E-state index contributed by atoms with van der Waals surface area (Å²) in [5, 5.41) is 13.1. The van der Waals surface area contributed by atoms with E-state index in [9.17, 15) is 9.90 Å². The Morgan fingerprint density at radius 1 is 1.64 bits per heavy atom. The van der Waals surface area contributed by atoms with Gasteiger partial charge in [-0.1, -0.05) is 6.92 Å². The van der Waals surface area contributed by atoms with Gasteiger partial charge < -0.3 is 15.2 Å². The predicted octanol–water partition coefficient (Wildman–Crippen LogP) is 2.98. The van der Waals surface area contributed by atoms with Gasteiger partial charge >= 0.3 is 0 Å². The van der Waals surface area contributed by atoms with Crippen molar-refractivity contribution in [2.24, 2.45) is 0 Å². The van der Waals surface area contributed by atoms with Crippen LogP contribution in [0.25, 0.3) is 0 Å². The van der Waals surface area contributed by atoms with Gasteiger partial charge in [0.25, 0.3) is 5.91 Å². The summed E-state index contributed by atoms with van der Waals surface area (Å²) in [5.41, 5.74) is 0.183. The minimum absolute atomic E-state index is 0.0445. The number of phenols is 1. The number of likely N-dealkylation sites (tertiary alicyclic amines) is 1. The number of hydrogen-bond donors (Lipinski definition) is 2. The lowest BCUT2D eigenvalue weighted by atomic mass is 10.1. The van der Waals surface area contributed by atoms with E-state index in [0.717, 1.165) is 25.9 Å². The van der Waals surface area contributed by atoms with Gasteiger partial charge in [0.2, 0.25) is 0 Å². The monoisotopic (exact) mass is 482 g/mol. The molecule has 1 amide bonds. The van der Waals surface area contributed by atoms with Crippen molar-refractivity contribution in [3.63, 3.8) is 0 Å². The van der Waals surface area contributed by atoms with E-state index in [1.807, 2.05) is 22.6 Å². The molecule has 1 heterocycles. The van der Waals surface area contributed by atoms with E-state index < -0.39 is 0 Å². The Morgan fingerprint density at radius 3 is 3.00 bits per heavy atom. The fourth-order valence-corrected chi connectivity index (χ4v) is 4.44. The zero-order chi connectivity index (χ0) is 16.3. The van der Waals surface area contributed by atoms with E-state index >= 15 is 0 Å². The highest BCUT2D eigenvalue weighted by molar-refractivity contribution is 14.1. The molecule has 0 spiro atoms. The first kappa shape index (κ1) is 17.8. The molecule has 1 aromatic carbocycles. The van der Waals surface area contributed by atoms with Gasteiger partial charge in [-0.2, -0.15) is 0 Å². The van der Waals surface area contributed by atoms with E-state index in [1.54, 1.807) is 6.07 Å². The summed E-state index contributed by atoms with van der Waals surface area (Å²) in [4.78, 5) is 14.9. The molecule has 2 rings (SSSR count). The molecule has 0 saturated carbocycles. The van der Waals surface area contributed by atoms with Crippen molar-refractivity contribution in [1.29, 1.82) is 0 Å². The van der Waals surface area contributed by atoms with Gasteiger partial charge in [-0.05, 0) is 70.5 Å². The fourth-order valence-electron chi connectivity index (χ4n) is 2.84. The van der Waals surface area contributed by atoms with Gasteiger partial charge in [0, 0.05) is 12.6 Å². The first-order chi connectivity index (χ1) is 10.5. The van der Waals surface area contributed by atoms with Gasteiger partial charge in [0.05, 0.1) is 15.2 Å². The lowest BCUT2D eigenvalue weighted by Crippen LogP contribution is -2.40. The highest BCUT2D eigenvalue weighted by Crippen LogP contribution is 2.38. The lowest BCUT2D eigenvalue weighted by Gasteiger charge is -2.23. The second-order valence-electron chi connectivity index (χ2n) is 5.23. The Balaban J connectivity index is 2.16. The first-order valence-corrected chi connectivity index (χ1v) is 9.13. The van der Waals surface area contributed by atoms with Gasteiger partial charge in [-0.15, -0.1) is 0 Å². The maximum Gasteiger partial charge on any atom is 0.258 e. The molecule has 1 aromatic rings. The van der Waals surface area contributed by atoms with Crippen LogP contribution in [-0.2, 0) is 0 Å². The topological polar surface area (TPSA) is 61.8 Å². The molecule has 0 aliphatic carbocycles. The quantitative estimate of drug-likeness (QED) is 0.633. The minimum Gasteiger partial charge on any atom is -0.506 e. The number of carbonyl (C=O) groups excluding carboxylic acids is 1. The van der Waals surface area contributed by atoms with Crippen molar-refractivity contribution < 1.29 is 14.6 Å². The number of rotatable bonds is 5. The smallest absolute Gasteiger partial charge is 0.258 e. The molecular formula is C15H20BrIN2O3. The van der Waals surface area contributed by atoms with Crippen molar-refractivity contribution in [3.05, 3.63) is 19.7 Å². The molecule has 122 valence electrons. The van der Waals surface area contributed by atoms with E-state index in [2.05, 4.69) is 33.1 Å². The number of phenolic OH excluding ortho intramolecular Hbond substituents is 1. The lowest BCUT2D eigenvalue weighted by molar-refractivity contribution is 0.0935. The van der Waals surface area contributed by atoms with Crippen molar-refractivity contribution in [2.45, 2.75) is 25.8 Å². The number of methoxy groups -OCH3 is 1. The third-order valence-electron chi connectivity index (χ3n) is 4.00. The maximum atomic E-state index is 12.5. The number of halogens is 2. The average Bonchev–Trinajstić information content (AvgIpc) is 2.95. The van der Waals surface area contributed by atoms with Crippen molar-refractivity contribution >= 4 is 44.4 Å². The zero-order valence-corrected chi connectivity index (χ0v) is 16.4. The van der Waals surface area contributed by atoms with Crippen LogP contribution >= 0.6 is 38.5 Å². The van der Waals surface area contributed by atoms with Crippen molar-refractivity contribution in [2.75, 3.05) is 26.7 Å². The van der Waals surface area contributed by atoms with Gasteiger partial charge in [-0.3, -0.25) is 9.69 Å². The van der Waals surface area contributed by atoms with Gasteiger partial charge in [0.15, 0.2) is 0 Å². The van der Waals surface area contributed by atoms with E-state index in [1.165, 1.54) is 7.11 Å². The highest BCUT2D eigenvalue weighted by Gasteiger charge is 2.26. The van der Waals surface area contributed by atoms with E-state index in [4.69, 9.17) is 4.74 Å². The number of likely N-dealkylation sites (N-methyl/N-ethyl adjacent to an activating group) is 1. The number of hydrogen-bond acceptors (Lipinski definition) is 4. The molecule has 5 nitrogen and oxygen atoms in total. The zero-order valence-electron chi connectivity index (χ0n) is 12.7. The summed E-state index contributed by atoms with van der Waals surface area (Å²) < 4.78 is 6.52. The standard InChI is InChI=1S/C15H20BrIN2O3/c1-3-19-6-4-5-9(19)8-18-15(21)12-13(20)11(17)7-10(16)14(12)22-2/h7,9,20H,3-6,8H2,1-2H3,(H,18,21)/t9-/m0/s1. The molecule has 1 atom stereocenters. The molecule has 1 saturated heterocycles. The summed E-state index contributed by atoms with van der Waals surface area (Å²) in [5.74, 6) is 0.00243. The average molecular weight is 483 g/mol. The number of aromatic hydroxyl groups is 1. The molecule has 22 heavy (non-hydrogen) atoms. The number of benzene rings is 1. The summed E-state index contributed by atoms with van der Waals surface area (Å²) >= 11 is 5.36. The normalized spacial score (nSPS) is 18.5. The second kappa shape index (κ2) is 7.83. The van der Waals surface area contributed by atoms with Crippen LogP contribution in [0.4, 0.5) is 0 Å². The Morgan fingerprint density at radius 2 is 2.36 bits per heavy atom. The molecule has 0 bridgehead atoms. The van der Waals surface area contributed by atoms with Crippen LogP contribution in [0.1, 0.15) is 30.1 Å². The van der Waals surface area contributed by atoms with Crippen molar-refractivity contribution in [1.82, 2.24) is 10.2 Å². The number of amides is 1.